The molecule has 0 N–H and O–H groups in total. The van der Waals surface area contributed by atoms with E-state index in [-0.39, 0.29) is 30.8 Å². The van der Waals surface area contributed by atoms with Crippen LogP contribution in [0.15, 0.2) is 30.3 Å². The number of ether oxygens (including phenoxy) is 4. The highest BCUT2D eigenvalue weighted by atomic mass is 19.3. The Morgan fingerprint density at radius 1 is 1.04 bits per heavy atom. The molecule has 0 bridgehead atoms. The van der Waals surface area contributed by atoms with Crippen LogP contribution in [-0.4, -0.2) is 44.2 Å². The first-order valence-corrected chi connectivity index (χ1v) is 10.5. The summed E-state index contributed by atoms with van der Waals surface area (Å²) in [4.78, 5) is 0. The van der Waals surface area contributed by atoms with Gasteiger partial charge in [-0.2, -0.15) is 0 Å². The van der Waals surface area contributed by atoms with E-state index < -0.39 is 12.5 Å². The Kier molecular flexibility index (Phi) is 6.48. The Labute approximate surface area is 165 Å². The third-order valence-electron chi connectivity index (χ3n) is 6.25. The van der Waals surface area contributed by atoms with Crippen LogP contribution in [0.25, 0.3) is 0 Å². The molecule has 1 saturated carbocycles. The molecule has 28 heavy (non-hydrogen) atoms. The van der Waals surface area contributed by atoms with Crippen molar-refractivity contribution in [2.45, 2.75) is 69.4 Å². The predicted molar refractivity (Wildman–Crippen MR) is 101 cm³/mol. The molecule has 1 aromatic rings. The second-order valence-electron chi connectivity index (χ2n) is 8.23. The zero-order valence-corrected chi connectivity index (χ0v) is 16.2. The monoisotopic (exact) mass is 396 g/mol. The molecule has 3 aliphatic rings. The molecule has 2 heterocycles. The Hall–Kier alpha value is -1.24. The van der Waals surface area contributed by atoms with Crippen molar-refractivity contribution in [2.24, 2.45) is 11.8 Å². The van der Waals surface area contributed by atoms with Crippen LogP contribution in [0.2, 0.25) is 0 Å². The lowest BCUT2D eigenvalue weighted by Crippen LogP contribution is -2.33. The number of para-hydroxylation sites is 1. The second-order valence-corrected chi connectivity index (χ2v) is 8.23. The summed E-state index contributed by atoms with van der Waals surface area (Å²) in [5.41, 5.74) is 0. The largest absolute Gasteiger partial charge is 0.487 e. The van der Waals surface area contributed by atoms with E-state index in [1.165, 1.54) is 0 Å². The average molecular weight is 396 g/mol. The minimum atomic E-state index is -2.86. The summed E-state index contributed by atoms with van der Waals surface area (Å²) in [5.74, 6) is -1.97. The molecule has 2 saturated heterocycles. The van der Waals surface area contributed by atoms with Gasteiger partial charge in [-0.05, 0) is 56.1 Å². The van der Waals surface area contributed by atoms with Gasteiger partial charge in [0, 0.05) is 26.1 Å². The first kappa shape index (κ1) is 20.0. The predicted octanol–water partition coefficient (Wildman–Crippen LogP) is 4.82. The van der Waals surface area contributed by atoms with Gasteiger partial charge in [-0.1, -0.05) is 18.2 Å². The van der Waals surface area contributed by atoms with Crippen LogP contribution in [0, 0.1) is 11.8 Å². The van der Waals surface area contributed by atoms with Crippen LogP contribution in [-0.2, 0) is 14.2 Å². The fraction of sp³-hybridized carbons (Fsp3) is 0.727. The van der Waals surface area contributed by atoms with E-state index in [9.17, 15) is 8.78 Å². The molecular weight excluding hydrogens is 366 g/mol. The van der Waals surface area contributed by atoms with E-state index in [1.54, 1.807) is 24.3 Å². The van der Waals surface area contributed by atoms with E-state index in [4.69, 9.17) is 18.9 Å². The van der Waals surface area contributed by atoms with Gasteiger partial charge in [-0.3, -0.25) is 0 Å². The maximum Gasteiger partial charge on any atom is 0.281 e. The molecule has 1 aromatic carbocycles. The van der Waals surface area contributed by atoms with Crippen LogP contribution in [0.3, 0.4) is 0 Å². The summed E-state index contributed by atoms with van der Waals surface area (Å²) in [6.07, 6.45) is 4.91. The zero-order chi connectivity index (χ0) is 19.4. The van der Waals surface area contributed by atoms with Gasteiger partial charge < -0.3 is 18.9 Å². The summed E-state index contributed by atoms with van der Waals surface area (Å²) < 4.78 is 52.0. The Morgan fingerprint density at radius 2 is 1.89 bits per heavy atom. The number of halogens is 2. The van der Waals surface area contributed by atoms with Crippen molar-refractivity contribution >= 4 is 0 Å². The third-order valence-corrected chi connectivity index (χ3v) is 6.25. The summed E-state index contributed by atoms with van der Waals surface area (Å²) in [6.45, 7) is 0.859. The van der Waals surface area contributed by atoms with E-state index in [0.717, 1.165) is 45.3 Å². The van der Waals surface area contributed by atoms with Gasteiger partial charge in [0.1, 0.15) is 5.75 Å². The van der Waals surface area contributed by atoms with Crippen molar-refractivity contribution in [3.8, 4) is 5.75 Å². The molecule has 1 aliphatic carbocycles. The first-order chi connectivity index (χ1) is 13.6. The molecule has 5 atom stereocenters. The second kappa shape index (κ2) is 9.06. The number of alkyl halides is 2. The van der Waals surface area contributed by atoms with Crippen LogP contribution < -0.4 is 4.74 Å². The van der Waals surface area contributed by atoms with Gasteiger partial charge in [-0.15, -0.1) is 0 Å². The molecule has 6 heteroatoms. The number of rotatable bonds is 8. The number of hydrogen-bond acceptors (Lipinski definition) is 4. The van der Waals surface area contributed by atoms with Gasteiger partial charge >= 0.3 is 0 Å². The summed E-state index contributed by atoms with van der Waals surface area (Å²) in [5, 5.41) is 0. The highest BCUT2D eigenvalue weighted by molar-refractivity contribution is 5.21. The summed E-state index contributed by atoms with van der Waals surface area (Å²) >= 11 is 0. The fourth-order valence-electron chi connectivity index (χ4n) is 4.80. The molecule has 4 nitrogen and oxygen atoms in total. The molecule has 0 amide bonds. The van der Waals surface area contributed by atoms with Crippen LogP contribution in [0.5, 0.6) is 5.75 Å². The molecule has 156 valence electrons. The topological polar surface area (TPSA) is 36.9 Å². The Balaban J connectivity index is 1.32. The average Bonchev–Trinajstić information content (AvgIpc) is 3.28. The number of benzene rings is 1. The van der Waals surface area contributed by atoms with Crippen molar-refractivity contribution in [3.63, 3.8) is 0 Å². The van der Waals surface area contributed by atoms with Gasteiger partial charge in [0.15, 0.2) is 12.9 Å². The van der Waals surface area contributed by atoms with E-state index in [2.05, 4.69) is 0 Å². The lowest BCUT2D eigenvalue weighted by atomic mass is 9.87. The lowest BCUT2D eigenvalue weighted by Gasteiger charge is -2.30. The quantitative estimate of drug-likeness (QED) is 0.631. The maximum absolute atomic E-state index is 14.5. The van der Waals surface area contributed by atoms with Gasteiger partial charge in [-0.25, -0.2) is 8.78 Å². The third kappa shape index (κ3) is 5.02. The Morgan fingerprint density at radius 3 is 2.68 bits per heavy atom. The minimum absolute atomic E-state index is 0.0516. The van der Waals surface area contributed by atoms with E-state index in [0.29, 0.717) is 18.1 Å². The normalized spacial score (nSPS) is 33.0. The van der Waals surface area contributed by atoms with Crippen LogP contribution >= 0.6 is 0 Å². The van der Waals surface area contributed by atoms with E-state index in [1.807, 2.05) is 6.07 Å². The molecule has 1 unspecified atom stereocenters. The molecule has 3 fully saturated rings. The maximum atomic E-state index is 14.5. The first-order valence-electron chi connectivity index (χ1n) is 10.5. The molecular formula is C22H30F2O4. The SMILES string of the molecule is FC(F)(CC[C@@H]1[C@H]2CCO[C@H]2C[C@H]1OC1CCCCO1)COc1ccccc1. The molecule has 2 aliphatic heterocycles. The number of fused-ring (bicyclic) bond motifs is 1. The number of hydrogen-bond donors (Lipinski definition) is 0. The molecule has 0 radical (unpaired) electrons. The van der Waals surface area contributed by atoms with Crippen LogP contribution in [0.1, 0.15) is 44.9 Å². The fourth-order valence-corrected chi connectivity index (χ4v) is 4.80. The smallest absolute Gasteiger partial charge is 0.281 e. The van der Waals surface area contributed by atoms with Crippen molar-refractivity contribution in [3.05, 3.63) is 30.3 Å². The summed E-state index contributed by atoms with van der Waals surface area (Å²) in [7, 11) is 0. The standard InChI is InChI=1S/C22H30F2O4/c23-22(24,15-27-16-6-2-1-3-7-16)11-9-17-18-10-13-25-19(18)14-20(17)28-21-8-4-5-12-26-21/h1-3,6-7,17-21H,4-5,8-15H2/t17-,18-,19+,20-,21?/m1/s1. The van der Waals surface area contributed by atoms with Crippen molar-refractivity contribution < 1.29 is 27.7 Å². The van der Waals surface area contributed by atoms with Crippen LogP contribution in [0.4, 0.5) is 8.78 Å². The summed E-state index contributed by atoms with van der Waals surface area (Å²) in [6, 6.07) is 8.79. The van der Waals surface area contributed by atoms with E-state index >= 15 is 0 Å². The highest BCUT2D eigenvalue weighted by Gasteiger charge is 2.48. The molecule has 4 rings (SSSR count). The minimum Gasteiger partial charge on any atom is -0.487 e. The highest BCUT2D eigenvalue weighted by Crippen LogP contribution is 2.46. The van der Waals surface area contributed by atoms with Crippen molar-refractivity contribution in [2.75, 3.05) is 19.8 Å². The van der Waals surface area contributed by atoms with Crippen molar-refractivity contribution in [1.29, 1.82) is 0 Å². The molecule has 0 spiro atoms. The lowest BCUT2D eigenvalue weighted by molar-refractivity contribution is -0.198. The molecule has 0 aromatic heterocycles. The van der Waals surface area contributed by atoms with Gasteiger partial charge in [0.05, 0.1) is 12.2 Å². The van der Waals surface area contributed by atoms with Gasteiger partial charge in [0.25, 0.3) is 5.92 Å². The van der Waals surface area contributed by atoms with Gasteiger partial charge in [0.2, 0.25) is 0 Å². The van der Waals surface area contributed by atoms with Crippen molar-refractivity contribution in [1.82, 2.24) is 0 Å². The zero-order valence-electron chi connectivity index (χ0n) is 16.2. The Bertz CT molecular complexity index is 606.